The summed E-state index contributed by atoms with van der Waals surface area (Å²) < 4.78 is 5.22. The van der Waals surface area contributed by atoms with E-state index < -0.39 is 0 Å². The molecule has 1 rings (SSSR count). The number of nitrogens with one attached hydrogen (secondary N) is 1. The highest BCUT2D eigenvalue weighted by Crippen LogP contribution is 2.01. The lowest BCUT2D eigenvalue weighted by molar-refractivity contribution is -0.137. The molecule has 1 fully saturated rings. The molecule has 110 valence electrons. The van der Waals surface area contributed by atoms with Crippen LogP contribution in [0, 0.1) is 0 Å². The van der Waals surface area contributed by atoms with Gasteiger partial charge >= 0.3 is 0 Å². The van der Waals surface area contributed by atoms with Crippen molar-refractivity contribution in [3.63, 3.8) is 0 Å². The van der Waals surface area contributed by atoms with E-state index in [1.165, 1.54) is 0 Å². The van der Waals surface area contributed by atoms with Crippen molar-refractivity contribution >= 4 is 11.7 Å². The van der Waals surface area contributed by atoms with E-state index in [-0.39, 0.29) is 17.8 Å². The Morgan fingerprint density at radius 1 is 1.47 bits per heavy atom. The van der Waals surface area contributed by atoms with Crippen LogP contribution in [-0.4, -0.2) is 60.7 Å². The number of carbonyl (C=O) groups excluding carboxylic acids is 1. The van der Waals surface area contributed by atoms with Gasteiger partial charge in [-0.15, -0.1) is 0 Å². The van der Waals surface area contributed by atoms with E-state index in [2.05, 4.69) is 10.5 Å². The Labute approximate surface area is 113 Å². The van der Waals surface area contributed by atoms with Gasteiger partial charge in [0.15, 0.2) is 0 Å². The van der Waals surface area contributed by atoms with Crippen LogP contribution in [0.4, 0.5) is 0 Å². The molecule has 0 aromatic rings. The van der Waals surface area contributed by atoms with Crippen molar-refractivity contribution in [3.8, 4) is 0 Å². The lowest BCUT2D eigenvalue weighted by Crippen LogP contribution is -2.49. The number of ether oxygens (including phenoxy) is 1. The van der Waals surface area contributed by atoms with Gasteiger partial charge in [-0.2, -0.15) is 0 Å². The van der Waals surface area contributed by atoms with Crippen LogP contribution in [0.25, 0.3) is 0 Å². The molecular formula is C12H24N4O3. The van der Waals surface area contributed by atoms with Crippen molar-refractivity contribution in [1.82, 2.24) is 10.2 Å². The zero-order valence-corrected chi connectivity index (χ0v) is 11.5. The second-order valence-electron chi connectivity index (χ2n) is 4.66. The highest BCUT2D eigenvalue weighted by atomic mass is 16.5. The molecule has 1 amide bonds. The third-order valence-corrected chi connectivity index (χ3v) is 3.13. The molecule has 0 spiro atoms. The topological polar surface area (TPSA) is 100 Å². The van der Waals surface area contributed by atoms with Crippen LogP contribution < -0.4 is 11.1 Å². The molecule has 0 aliphatic carbocycles. The highest BCUT2D eigenvalue weighted by Gasteiger charge is 2.21. The Hall–Kier alpha value is -1.34. The number of hydrogen-bond donors (Lipinski definition) is 3. The van der Waals surface area contributed by atoms with E-state index in [1.807, 2.05) is 11.8 Å². The first kappa shape index (κ1) is 15.7. The molecule has 4 N–H and O–H groups in total. The average Bonchev–Trinajstić information content (AvgIpc) is 2.46. The number of nitrogens with two attached hydrogens (primary N) is 1. The summed E-state index contributed by atoms with van der Waals surface area (Å²) in [5, 5.41) is 14.5. The lowest BCUT2D eigenvalue weighted by atomic mass is 10.2. The predicted molar refractivity (Wildman–Crippen MR) is 72.1 cm³/mol. The molecule has 0 saturated carbocycles. The average molecular weight is 272 g/mol. The fourth-order valence-corrected chi connectivity index (χ4v) is 1.94. The van der Waals surface area contributed by atoms with Crippen LogP contribution in [0.2, 0.25) is 0 Å². The van der Waals surface area contributed by atoms with Crippen LogP contribution in [0.15, 0.2) is 5.16 Å². The molecule has 7 heteroatoms. The minimum Gasteiger partial charge on any atom is -0.409 e. The SMILES string of the molecule is CC(NCCCCC(N)=NO)C(=O)N1CCOCC1. The number of amides is 1. The summed E-state index contributed by atoms with van der Waals surface area (Å²) in [6.07, 6.45) is 2.29. The summed E-state index contributed by atoms with van der Waals surface area (Å²) in [7, 11) is 0. The van der Waals surface area contributed by atoms with Crippen LogP contribution in [-0.2, 0) is 9.53 Å². The van der Waals surface area contributed by atoms with Crippen molar-refractivity contribution < 1.29 is 14.7 Å². The monoisotopic (exact) mass is 272 g/mol. The van der Waals surface area contributed by atoms with E-state index in [0.717, 1.165) is 19.4 Å². The van der Waals surface area contributed by atoms with Crippen molar-refractivity contribution in [2.45, 2.75) is 32.2 Å². The van der Waals surface area contributed by atoms with Crippen LogP contribution in [0.3, 0.4) is 0 Å². The van der Waals surface area contributed by atoms with E-state index in [9.17, 15) is 4.79 Å². The van der Waals surface area contributed by atoms with Gasteiger partial charge in [0.05, 0.1) is 19.3 Å². The van der Waals surface area contributed by atoms with Crippen molar-refractivity contribution in [2.75, 3.05) is 32.8 Å². The number of nitrogens with zero attached hydrogens (tertiary/aromatic N) is 2. The molecule has 1 saturated heterocycles. The Balaban J connectivity index is 2.12. The summed E-state index contributed by atoms with van der Waals surface area (Å²) in [5.74, 6) is 0.372. The molecule has 0 aromatic heterocycles. The van der Waals surface area contributed by atoms with Gasteiger partial charge in [0.1, 0.15) is 5.84 Å². The summed E-state index contributed by atoms with van der Waals surface area (Å²) in [6, 6.07) is -0.179. The minimum absolute atomic E-state index is 0.125. The van der Waals surface area contributed by atoms with Crippen molar-refractivity contribution in [3.05, 3.63) is 0 Å². The number of unbranched alkanes of at least 4 members (excludes halogenated alkanes) is 1. The lowest BCUT2D eigenvalue weighted by Gasteiger charge is -2.29. The second kappa shape index (κ2) is 8.71. The first-order chi connectivity index (χ1) is 9.15. The summed E-state index contributed by atoms with van der Waals surface area (Å²) >= 11 is 0. The Morgan fingerprint density at radius 2 is 2.16 bits per heavy atom. The molecule has 1 aliphatic heterocycles. The molecule has 0 aromatic carbocycles. The highest BCUT2D eigenvalue weighted by molar-refractivity contribution is 5.81. The van der Waals surface area contributed by atoms with Gasteiger partial charge < -0.3 is 25.9 Å². The normalized spacial score (nSPS) is 18.4. The summed E-state index contributed by atoms with van der Waals surface area (Å²) in [6.45, 7) is 5.22. The predicted octanol–water partition coefficient (Wildman–Crippen LogP) is -0.260. The molecular weight excluding hydrogens is 248 g/mol. The third-order valence-electron chi connectivity index (χ3n) is 3.13. The number of morpholine rings is 1. The van der Waals surface area contributed by atoms with Crippen LogP contribution >= 0.6 is 0 Å². The summed E-state index contributed by atoms with van der Waals surface area (Å²) in [4.78, 5) is 13.9. The van der Waals surface area contributed by atoms with E-state index >= 15 is 0 Å². The Kier molecular flexibility index (Phi) is 7.20. The van der Waals surface area contributed by atoms with Gasteiger partial charge in [-0.05, 0) is 26.3 Å². The summed E-state index contributed by atoms with van der Waals surface area (Å²) in [5.41, 5.74) is 5.37. The van der Waals surface area contributed by atoms with E-state index in [0.29, 0.717) is 32.7 Å². The first-order valence-corrected chi connectivity index (χ1v) is 6.71. The largest absolute Gasteiger partial charge is 0.409 e. The fourth-order valence-electron chi connectivity index (χ4n) is 1.94. The Bertz CT molecular complexity index is 303. The molecule has 1 atom stereocenters. The van der Waals surface area contributed by atoms with Crippen molar-refractivity contribution in [2.24, 2.45) is 10.9 Å². The Morgan fingerprint density at radius 3 is 2.79 bits per heavy atom. The minimum atomic E-state index is -0.179. The standard InChI is InChI=1S/C12H24N4O3/c1-10(12(17)16-6-8-19-9-7-16)14-5-3-2-4-11(13)15-18/h10,14,18H,2-9H2,1H3,(H2,13,15). The smallest absolute Gasteiger partial charge is 0.239 e. The third kappa shape index (κ3) is 5.89. The van der Waals surface area contributed by atoms with Crippen LogP contribution in [0.1, 0.15) is 26.2 Å². The molecule has 7 nitrogen and oxygen atoms in total. The second-order valence-corrected chi connectivity index (χ2v) is 4.66. The number of amidine groups is 1. The van der Waals surface area contributed by atoms with Gasteiger partial charge in [-0.25, -0.2) is 0 Å². The number of carbonyl (C=O) groups is 1. The number of hydrogen-bond acceptors (Lipinski definition) is 5. The zero-order chi connectivity index (χ0) is 14.1. The molecule has 1 heterocycles. The van der Waals surface area contributed by atoms with Gasteiger partial charge in [0.2, 0.25) is 5.91 Å². The van der Waals surface area contributed by atoms with Crippen LogP contribution in [0.5, 0.6) is 0 Å². The molecule has 19 heavy (non-hydrogen) atoms. The molecule has 1 unspecified atom stereocenters. The van der Waals surface area contributed by atoms with E-state index in [1.54, 1.807) is 0 Å². The van der Waals surface area contributed by atoms with Gasteiger partial charge in [0.25, 0.3) is 0 Å². The maximum absolute atomic E-state index is 12.1. The van der Waals surface area contributed by atoms with Gasteiger partial charge in [0, 0.05) is 19.5 Å². The zero-order valence-electron chi connectivity index (χ0n) is 11.5. The van der Waals surface area contributed by atoms with Gasteiger partial charge in [-0.3, -0.25) is 4.79 Å². The molecule has 0 radical (unpaired) electrons. The quantitative estimate of drug-likeness (QED) is 0.195. The maximum Gasteiger partial charge on any atom is 0.239 e. The maximum atomic E-state index is 12.1. The van der Waals surface area contributed by atoms with Gasteiger partial charge in [-0.1, -0.05) is 5.16 Å². The molecule has 0 bridgehead atoms. The van der Waals surface area contributed by atoms with Crippen molar-refractivity contribution in [1.29, 1.82) is 0 Å². The first-order valence-electron chi connectivity index (χ1n) is 6.71. The number of rotatable bonds is 7. The molecule has 1 aliphatic rings. The fraction of sp³-hybridized carbons (Fsp3) is 0.833. The number of oxime groups is 1. The van der Waals surface area contributed by atoms with E-state index in [4.69, 9.17) is 15.7 Å².